The lowest BCUT2D eigenvalue weighted by Crippen LogP contribution is -2.37. The fraction of sp³-hybridized carbons (Fsp3) is 0.500. The van der Waals surface area contributed by atoms with E-state index in [-0.39, 0.29) is 0 Å². The van der Waals surface area contributed by atoms with E-state index in [1.54, 1.807) is 19.2 Å². The van der Waals surface area contributed by atoms with Gasteiger partial charge in [-0.15, -0.1) is 0 Å². The van der Waals surface area contributed by atoms with Gasteiger partial charge in [0.2, 0.25) is 11.7 Å². The molecule has 2 N–H and O–H groups in total. The second kappa shape index (κ2) is 10.8. The van der Waals surface area contributed by atoms with Gasteiger partial charge in [0.05, 0.1) is 6.54 Å². The zero-order valence-corrected chi connectivity index (χ0v) is 16.2. The van der Waals surface area contributed by atoms with Crippen LogP contribution in [0.15, 0.2) is 33.8 Å². The Labute approximate surface area is 159 Å². The Morgan fingerprint density at radius 1 is 1.35 bits per heavy atom. The van der Waals surface area contributed by atoms with Gasteiger partial charge in [-0.3, -0.25) is 4.99 Å². The van der Waals surface area contributed by atoms with Crippen molar-refractivity contribution in [3.63, 3.8) is 0 Å². The zero-order valence-electron chi connectivity index (χ0n) is 15.5. The number of hydrogen-bond acceptors (Lipinski definition) is 5. The lowest BCUT2D eigenvalue weighted by atomic mass is 10.2. The number of nitrogens with one attached hydrogen (secondary N) is 2. The van der Waals surface area contributed by atoms with Gasteiger partial charge in [0, 0.05) is 37.4 Å². The van der Waals surface area contributed by atoms with Crippen molar-refractivity contribution in [3.8, 4) is 11.4 Å². The summed E-state index contributed by atoms with van der Waals surface area (Å²) in [4.78, 5) is 8.54. The van der Waals surface area contributed by atoms with E-state index in [1.165, 1.54) is 0 Å². The molecule has 142 valence electrons. The molecule has 0 fully saturated rings. The Hall–Kier alpha value is -2.12. The van der Waals surface area contributed by atoms with Gasteiger partial charge in [-0.2, -0.15) is 4.98 Å². The van der Waals surface area contributed by atoms with Crippen LogP contribution in [0.3, 0.4) is 0 Å². The fourth-order valence-corrected chi connectivity index (χ4v) is 2.34. The van der Waals surface area contributed by atoms with Crippen LogP contribution in [0, 0.1) is 5.92 Å². The third-order valence-corrected chi connectivity index (χ3v) is 3.63. The molecule has 0 spiro atoms. The molecule has 1 aromatic carbocycles. The monoisotopic (exact) mass is 379 g/mol. The molecule has 26 heavy (non-hydrogen) atoms. The number of ether oxygens (including phenoxy) is 1. The molecule has 8 heteroatoms. The second-order valence-corrected chi connectivity index (χ2v) is 6.63. The molecular formula is C18H26ClN5O2. The molecule has 2 aromatic rings. The summed E-state index contributed by atoms with van der Waals surface area (Å²) in [5.41, 5.74) is 0.816. The SMILES string of the molecule is CN=C(NCCCOCC(C)C)NCc1nc(-c2cccc(Cl)c2)no1. The topological polar surface area (TPSA) is 84.6 Å². The van der Waals surface area contributed by atoms with Crippen LogP contribution >= 0.6 is 11.6 Å². The first-order chi connectivity index (χ1) is 12.6. The molecule has 0 radical (unpaired) electrons. The summed E-state index contributed by atoms with van der Waals surface area (Å²) in [6.07, 6.45) is 0.910. The highest BCUT2D eigenvalue weighted by Crippen LogP contribution is 2.19. The quantitative estimate of drug-likeness (QED) is 0.395. The Bertz CT molecular complexity index is 702. The van der Waals surface area contributed by atoms with E-state index in [1.807, 2.05) is 12.1 Å². The van der Waals surface area contributed by atoms with Gasteiger partial charge < -0.3 is 19.9 Å². The molecule has 1 aromatic heterocycles. The van der Waals surface area contributed by atoms with E-state index >= 15 is 0 Å². The Balaban J connectivity index is 1.73. The first kappa shape index (κ1) is 20.2. The molecule has 0 amide bonds. The average Bonchev–Trinajstić information content (AvgIpc) is 3.09. The maximum atomic E-state index is 5.99. The Morgan fingerprint density at radius 2 is 2.19 bits per heavy atom. The maximum Gasteiger partial charge on any atom is 0.246 e. The molecule has 7 nitrogen and oxygen atoms in total. The Morgan fingerprint density at radius 3 is 2.92 bits per heavy atom. The highest BCUT2D eigenvalue weighted by molar-refractivity contribution is 6.30. The molecule has 0 atom stereocenters. The van der Waals surface area contributed by atoms with Crippen molar-refractivity contribution in [1.82, 2.24) is 20.8 Å². The molecule has 0 saturated heterocycles. The number of nitrogens with zero attached hydrogens (tertiary/aromatic N) is 3. The van der Waals surface area contributed by atoms with E-state index in [9.17, 15) is 0 Å². The largest absolute Gasteiger partial charge is 0.381 e. The van der Waals surface area contributed by atoms with E-state index in [2.05, 4.69) is 39.6 Å². The van der Waals surface area contributed by atoms with E-state index in [0.717, 1.165) is 31.7 Å². The Kier molecular flexibility index (Phi) is 8.37. The number of hydrogen-bond donors (Lipinski definition) is 2. The summed E-state index contributed by atoms with van der Waals surface area (Å²) in [6, 6.07) is 7.33. The highest BCUT2D eigenvalue weighted by Gasteiger charge is 2.09. The summed E-state index contributed by atoms with van der Waals surface area (Å²) in [7, 11) is 1.72. The molecule has 0 unspecified atom stereocenters. The van der Waals surface area contributed by atoms with Crippen LogP contribution in [0.5, 0.6) is 0 Å². The van der Waals surface area contributed by atoms with Crippen molar-refractivity contribution < 1.29 is 9.26 Å². The normalized spacial score (nSPS) is 11.8. The van der Waals surface area contributed by atoms with E-state index < -0.39 is 0 Å². The van der Waals surface area contributed by atoms with Gasteiger partial charge in [0.25, 0.3) is 0 Å². The summed E-state index contributed by atoms with van der Waals surface area (Å²) < 4.78 is 10.8. The first-order valence-corrected chi connectivity index (χ1v) is 9.07. The maximum absolute atomic E-state index is 5.99. The molecule has 0 bridgehead atoms. The standard InChI is InChI=1S/C18H26ClN5O2/c1-13(2)12-25-9-5-8-21-18(20-3)22-11-16-23-17(24-26-16)14-6-4-7-15(19)10-14/h4,6-7,10,13H,5,8-9,11-12H2,1-3H3,(H2,20,21,22). The number of rotatable bonds is 9. The van der Waals surface area contributed by atoms with E-state index in [0.29, 0.717) is 35.2 Å². The van der Waals surface area contributed by atoms with Gasteiger partial charge >= 0.3 is 0 Å². The van der Waals surface area contributed by atoms with Crippen LogP contribution in [0.4, 0.5) is 0 Å². The van der Waals surface area contributed by atoms with Gasteiger partial charge in [-0.05, 0) is 24.5 Å². The van der Waals surface area contributed by atoms with Crippen LogP contribution in [0.2, 0.25) is 5.02 Å². The van der Waals surface area contributed by atoms with Crippen molar-refractivity contribution in [1.29, 1.82) is 0 Å². The van der Waals surface area contributed by atoms with Gasteiger partial charge in [0.1, 0.15) is 0 Å². The molecule has 0 aliphatic heterocycles. The van der Waals surface area contributed by atoms with Crippen molar-refractivity contribution in [2.45, 2.75) is 26.8 Å². The molecule has 0 saturated carbocycles. The first-order valence-electron chi connectivity index (χ1n) is 8.69. The number of aliphatic imine (C=N–C) groups is 1. The average molecular weight is 380 g/mol. The summed E-state index contributed by atoms with van der Waals surface area (Å²) in [5.74, 6) is 2.22. The smallest absolute Gasteiger partial charge is 0.246 e. The van der Waals surface area contributed by atoms with Gasteiger partial charge in [-0.1, -0.05) is 42.7 Å². The number of benzene rings is 1. The minimum atomic E-state index is 0.386. The van der Waals surface area contributed by atoms with Crippen LogP contribution < -0.4 is 10.6 Å². The van der Waals surface area contributed by atoms with Crippen molar-refractivity contribution >= 4 is 17.6 Å². The minimum Gasteiger partial charge on any atom is -0.381 e. The third kappa shape index (κ3) is 7.01. The van der Waals surface area contributed by atoms with Crippen molar-refractivity contribution in [3.05, 3.63) is 35.2 Å². The molecule has 1 heterocycles. The second-order valence-electron chi connectivity index (χ2n) is 6.20. The predicted octanol–water partition coefficient (Wildman–Crippen LogP) is 3.12. The molecule has 0 aliphatic rings. The lowest BCUT2D eigenvalue weighted by Gasteiger charge is -2.11. The van der Waals surface area contributed by atoms with Crippen LogP contribution in [0.25, 0.3) is 11.4 Å². The summed E-state index contributed by atoms with van der Waals surface area (Å²) >= 11 is 5.99. The molecule has 2 rings (SSSR count). The van der Waals surface area contributed by atoms with E-state index in [4.69, 9.17) is 20.9 Å². The van der Waals surface area contributed by atoms with Gasteiger partial charge in [0.15, 0.2) is 5.96 Å². The van der Waals surface area contributed by atoms with Crippen LogP contribution in [0.1, 0.15) is 26.2 Å². The third-order valence-electron chi connectivity index (χ3n) is 3.39. The molecular weight excluding hydrogens is 354 g/mol. The van der Waals surface area contributed by atoms with Gasteiger partial charge in [-0.25, -0.2) is 0 Å². The predicted molar refractivity (Wildman–Crippen MR) is 103 cm³/mol. The van der Waals surface area contributed by atoms with Crippen LogP contribution in [-0.2, 0) is 11.3 Å². The number of guanidine groups is 1. The van der Waals surface area contributed by atoms with Crippen molar-refractivity contribution in [2.75, 3.05) is 26.8 Å². The number of aromatic nitrogens is 2. The zero-order chi connectivity index (χ0) is 18.8. The van der Waals surface area contributed by atoms with Crippen molar-refractivity contribution in [2.24, 2.45) is 10.9 Å². The lowest BCUT2D eigenvalue weighted by molar-refractivity contribution is 0.108. The number of halogens is 1. The summed E-state index contributed by atoms with van der Waals surface area (Å²) in [6.45, 7) is 6.96. The minimum absolute atomic E-state index is 0.386. The van der Waals surface area contributed by atoms with Crippen LogP contribution in [-0.4, -0.2) is 42.9 Å². The molecule has 0 aliphatic carbocycles. The summed E-state index contributed by atoms with van der Waals surface area (Å²) in [5, 5.41) is 11.0. The highest BCUT2D eigenvalue weighted by atomic mass is 35.5. The fourth-order valence-electron chi connectivity index (χ4n) is 2.15.